The second-order valence-corrected chi connectivity index (χ2v) is 5.94. The molecule has 120 valence electrons. The molecule has 22 heavy (non-hydrogen) atoms. The maximum absolute atomic E-state index is 5.91. The normalized spacial score (nSPS) is 21.1. The molecule has 3 rings (SSSR count). The monoisotopic (exact) mass is 303 g/mol. The number of benzene rings is 1. The van der Waals surface area contributed by atoms with Crippen molar-refractivity contribution in [3.8, 4) is 0 Å². The Balaban J connectivity index is 1.38. The van der Waals surface area contributed by atoms with Crippen molar-refractivity contribution in [3.05, 3.63) is 29.3 Å². The standard InChI is InChI=1S/C17H25N3O2/c18-17(19-8-10-21-12-16-5-2-9-22-16)20-15-7-6-13-3-1-4-14(13)11-15/h6-7,11,16H,1-5,8-10,12H2,(H3,18,19,20). The topological polar surface area (TPSA) is 68.9 Å². The molecule has 1 aliphatic heterocycles. The summed E-state index contributed by atoms with van der Waals surface area (Å²) in [5.74, 6) is 0.443. The first kappa shape index (κ1) is 15.3. The van der Waals surface area contributed by atoms with E-state index in [1.54, 1.807) is 0 Å². The van der Waals surface area contributed by atoms with Crippen LogP contribution >= 0.6 is 0 Å². The van der Waals surface area contributed by atoms with Crippen LogP contribution in [0.5, 0.6) is 0 Å². The van der Waals surface area contributed by atoms with Gasteiger partial charge in [0, 0.05) is 12.3 Å². The molecule has 0 aromatic heterocycles. The molecule has 1 fully saturated rings. The number of fused-ring (bicyclic) bond motifs is 1. The number of nitrogens with two attached hydrogens (primary N) is 1. The highest BCUT2D eigenvalue weighted by atomic mass is 16.5. The molecule has 5 heteroatoms. The molecule has 1 heterocycles. The average molecular weight is 303 g/mol. The van der Waals surface area contributed by atoms with E-state index >= 15 is 0 Å². The summed E-state index contributed by atoms with van der Waals surface area (Å²) >= 11 is 0. The summed E-state index contributed by atoms with van der Waals surface area (Å²) in [5, 5.41) is 3.15. The Morgan fingerprint density at radius 1 is 1.32 bits per heavy atom. The number of anilines is 1. The zero-order chi connectivity index (χ0) is 15.2. The van der Waals surface area contributed by atoms with Crippen molar-refractivity contribution >= 4 is 11.6 Å². The van der Waals surface area contributed by atoms with E-state index < -0.39 is 0 Å². The summed E-state index contributed by atoms with van der Waals surface area (Å²) in [4.78, 5) is 4.29. The van der Waals surface area contributed by atoms with Crippen LogP contribution in [0.4, 0.5) is 5.69 Å². The summed E-state index contributed by atoms with van der Waals surface area (Å²) in [6.45, 7) is 2.67. The molecule has 5 nitrogen and oxygen atoms in total. The molecule has 3 N–H and O–H groups in total. The number of hydrogen-bond donors (Lipinski definition) is 2. The minimum atomic E-state index is 0.269. The third-order valence-corrected chi connectivity index (χ3v) is 4.22. The minimum Gasteiger partial charge on any atom is -0.377 e. The van der Waals surface area contributed by atoms with Crippen molar-refractivity contribution in [1.29, 1.82) is 0 Å². The van der Waals surface area contributed by atoms with Crippen molar-refractivity contribution < 1.29 is 9.47 Å². The molecular weight excluding hydrogens is 278 g/mol. The molecule has 0 amide bonds. The Morgan fingerprint density at radius 3 is 3.09 bits per heavy atom. The van der Waals surface area contributed by atoms with Crippen LogP contribution in [0.1, 0.15) is 30.4 Å². The van der Waals surface area contributed by atoms with E-state index in [0.29, 0.717) is 25.7 Å². The van der Waals surface area contributed by atoms with E-state index in [1.807, 2.05) is 0 Å². The van der Waals surface area contributed by atoms with Gasteiger partial charge in [-0.05, 0) is 55.4 Å². The first-order valence-electron chi connectivity index (χ1n) is 8.19. The Bertz CT molecular complexity index is 525. The van der Waals surface area contributed by atoms with Crippen molar-refractivity contribution in [2.45, 2.75) is 38.2 Å². The van der Waals surface area contributed by atoms with E-state index in [4.69, 9.17) is 15.2 Å². The number of rotatable bonds is 6. The van der Waals surface area contributed by atoms with Gasteiger partial charge in [-0.3, -0.25) is 4.99 Å². The molecule has 1 aliphatic carbocycles. The van der Waals surface area contributed by atoms with Crippen LogP contribution in [-0.2, 0) is 22.3 Å². The second-order valence-electron chi connectivity index (χ2n) is 5.94. The predicted octanol–water partition coefficient (Wildman–Crippen LogP) is 2.10. The van der Waals surface area contributed by atoms with Gasteiger partial charge in [0.2, 0.25) is 0 Å². The van der Waals surface area contributed by atoms with Crippen molar-refractivity contribution in [2.75, 3.05) is 31.7 Å². The third-order valence-electron chi connectivity index (χ3n) is 4.22. The van der Waals surface area contributed by atoms with Crippen molar-refractivity contribution in [2.24, 2.45) is 10.7 Å². The number of ether oxygens (including phenoxy) is 2. The van der Waals surface area contributed by atoms with Gasteiger partial charge in [-0.15, -0.1) is 0 Å². The number of aryl methyl sites for hydroxylation is 2. The number of aliphatic imine (C=N–C) groups is 1. The fourth-order valence-electron chi connectivity index (χ4n) is 3.06. The van der Waals surface area contributed by atoms with Gasteiger partial charge in [0.05, 0.1) is 25.9 Å². The molecule has 1 saturated heterocycles. The van der Waals surface area contributed by atoms with Gasteiger partial charge in [0.15, 0.2) is 5.96 Å². The van der Waals surface area contributed by atoms with E-state index in [0.717, 1.165) is 25.1 Å². The van der Waals surface area contributed by atoms with Crippen molar-refractivity contribution in [3.63, 3.8) is 0 Å². The summed E-state index contributed by atoms with van der Waals surface area (Å²) in [6, 6.07) is 6.43. The molecule has 0 radical (unpaired) electrons. The van der Waals surface area contributed by atoms with Gasteiger partial charge in [0.25, 0.3) is 0 Å². The molecule has 1 aromatic rings. The molecule has 1 aromatic carbocycles. The second kappa shape index (κ2) is 7.61. The quantitative estimate of drug-likeness (QED) is 0.480. The zero-order valence-corrected chi connectivity index (χ0v) is 13.0. The van der Waals surface area contributed by atoms with Gasteiger partial charge in [-0.25, -0.2) is 0 Å². The lowest BCUT2D eigenvalue weighted by Crippen LogP contribution is -2.23. The first-order valence-corrected chi connectivity index (χ1v) is 8.19. The van der Waals surface area contributed by atoms with E-state index in [9.17, 15) is 0 Å². The van der Waals surface area contributed by atoms with E-state index in [-0.39, 0.29) is 6.10 Å². The van der Waals surface area contributed by atoms with Crippen LogP contribution < -0.4 is 11.1 Å². The number of nitrogens with zero attached hydrogens (tertiary/aromatic N) is 1. The fourth-order valence-corrected chi connectivity index (χ4v) is 3.06. The Hall–Kier alpha value is -1.59. The van der Waals surface area contributed by atoms with Crippen LogP contribution in [0.25, 0.3) is 0 Å². The highest BCUT2D eigenvalue weighted by molar-refractivity contribution is 5.92. The van der Waals surface area contributed by atoms with Gasteiger partial charge in [-0.2, -0.15) is 0 Å². The van der Waals surface area contributed by atoms with Crippen LogP contribution in [0.15, 0.2) is 23.2 Å². The Kier molecular flexibility index (Phi) is 5.29. The molecule has 0 spiro atoms. The maximum Gasteiger partial charge on any atom is 0.193 e. The number of guanidine groups is 1. The predicted molar refractivity (Wildman–Crippen MR) is 88.4 cm³/mol. The molecule has 0 saturated carbocycles. The van der Waals surface area contributed by atoms with Crippen LogP contribution in [0, 0.1) is 0 Å². The van der Waals surface area contributed by atoms with E-state index in [2.05, 4.69) is 28.5 Å². The van der Waals surface area contributed by atoms with Gasteiger partial charge < -0.3 is 20.5 Å². The largest absolute Gasteiger partial charge is 0.377 e. The van der Waals surface area contributed by atoms with Crippen LogP contribution in [0.3, 0.4) is 0 Å². The highest BCUT2D eigenvalue weighted by Gasteiger charge is 2.15. The van der Waals surface area contributed by atoms with Crippen LogP contribution in [0.2, 0.25) is 0 Å². The molecule has 1 atom stereocenters. The average Bonchev–Trinajstić information content (AvgIpc) is 3.17. The highest BCUT2D eigenvalue weighted by Crippen LogP contribution is 2.24. The molecule has 0 bridgehead atoms. The van der Waals surface area contributed by atoms with Crippen LogP contribution in [-0.4, -0.2) is 38.4 Å². The Labute approximate surface area is 131 Å². The SMILES string of the molecule is NC(=NCCOCC1CCCO1)Nc1ccc2c(c1)CCC2. The first-order chi connectivity index (χ1) is 10.8. The summed E-state index contributed by atoms with van der Waals surface area (Å²) in [6.07, 6.45) is 6.13. The maximum atomic E-state index is 5.91. The lowest BCUT2D eigenvalue weighted by molar-refractivity contribution is 0.0200. The van der Waals surface area contributed by atoms with Crippen molar-refractivity contribution in [1.82, 2.24) is 0 Å². The third kappa shape index (κ3) is 4.21. The lowest BCUT2D eigenvalue weighted by atomic mass is 10.1. The lowest BCUT2D eigenvalue weighted by Gasteiger charge is -2.10. The fraction of sp³-hybridized carbons (Fsp3) is 0.588. The van der Waals surface area contributed by atoms with E-state index in [1.165, 1.54) is 30.4 Å². The van der Waals surface area contributed by atoms with Gasteiger partial charge in [-0.1, -0.05) is 6.07 Å². The summed E-state index contributed by atoms with van der Waals surface area (Å²) in [5.41, 5.74) is 9.82. The van der Waals surface area contributed by atoms with Gasteiger partial charge in [0.1, 0.15) is 0 Å². The molecular formula is C17H25N3O2. The molecule has 2 aliphatic rings. The summed E-state index contributed by atoms with van der Waals surface area (Å²) in [7, 11) is 0. The summed E-state index contributed by atoms with van der Waals surface area (Å²) < 4.78 is 11.1. The Morgan fingerprint density at radius 2 is 2.23 bits per heavy atom. The number of hydrogen-bond acceptors (Lipinski definition) is 3. The zero-order valence-electron chi connectivity index (χ0n) is 13.0. The minimum absolute atomic E-state index is 0.269. The molecule has 1 unspecified atom stereocenters. The number of nitrogens with one attached hydrogen (secondary N) is 1. The smallest absolute Gasteiger partial charge is 0.193 e. The van der Waals surface area contributed by atoms with Gasteiger partial charge >= 0.3 is 0 Å².